The number of rotatable bonds is 4. The fourth-order valence-corrected chi connectivity index (χ4v) is 8.49. The smallest absolute Gasteiger partial charge is 0.147 e. The van der Waals surface area contributed by atoms with E-state index in [0.717, 1.165) is 47.5 Å². The number of hydrogen-bond acceptors (Lipinski definition) is 4. The summed E-state index contributed by atoms with van der Waals surface area (Å²) in [5, 5.41) is 3.97. The van der Waals surface area contributed by atoms with Gasteiger partial charge in [-0.15, -0.1) is 6.58 Å². The van der Waals surface area contributed by atoms with Gasteiger partial charge in [0.1, 0.15) is 5.78 Å². The largest absolute Gasteiger partial charge is 0.398 e. The number of nitrogens with zero attached hydrogens (tertiary/aromatic N) is 1. The summed E-state index contributed by atoms with van der Waals surface area (Å²) in [6, 6.07) is 0.179. The van der Waals surface area contributed by atoms with Crippen molar-refractivity contribution in [1.82, 2.24) is 5.32 Å². The highest BCUT2D eigenvalue weighted by Crippen LogP contribution is 2.53. The average molecular weight is 570 g/mol. The lowest BCUT2D eigenvalue weighted by molar-refractivity contribution is -0.127. The highest BCUT2D eigenvalue weighted by Gasteiger charge is 2.58. The number of aliphatic imine (C=N–C) groups is 1. The van der Waals surface area contributed by atoms with Gasteiger partial charge in [-0.25, -0.2) is 0 Å². The third-order valence-electron chi connectivity index (χ3n) is 11.2. The van der Waals surface area contributed by atoms with Crippen LogP contribution in [0.3, 0.4) is 0 Å². The summed E-state index contributed by atoms with van der Waals surface area (Å²) >= 11 is 0. The summed E-state index contributed by atoms with van der Waals surface area (Å²) < 4.78 is 0. The topological polar surface area (TPSA) is 67.5 Å². The number of carbonyl (C=O) groups is 1. The molecule has 228 valence electrons. The van der Waals surface area contributed by atoms with E-state index in [4.69, 9.17) is 10.7 Å². The molecule has 3 aliphatic heterocycles. The predicted molar refractivity (Wildman–Crippen MR) is 179 cm³/mol. The van der Waals surface area contributed by atoms with E-state index in [1.807, 2.05) is 6.08 Å². The molecule has 0 radical (unpaired) electrons. The number of hydrogen-bond donors (Lipinski definition) is 2. The van der Waals surface area contributed by atoms with E-state index in [2.05, 4.69) is 106 Å². The van der Waals surface area contributed by atoms with Crippen LogP contribution in [-0.4, -0.2) is 23.6 Å². The number of Topliss-reactive ketones (excluding diaryl/α,β-unsaturated/α-hetero) is 1. The number of allylic oxidation sites excluding steroid dienone is 9. The Kier molecular flexibility index (Phi) is 9.28. The first-order valence-corrected chi connectivity index (χ1v) is 16.2. The van der Waals surface area contributed by atoms with Gasteiger partial charge in [-0.1, -0.05) is 70.9 Å². The van der Waals surface area contributed by atoms with Gasteiger partial charge in [-0.2, -0.15) is 0 Å². The quantitative estimate of drug-likeness (QED) is 0.334. The van der Waals surface area contributed by atoms with Crippen molar-refractivity contribution in [3.63, 3.8) is 0 Å². The fourth-order valence-electron chi connectivity index (χ4n) is 8.49. The van der Waals surface area contributed by atoms with Gasteiger partial charge in [0.05, 0.1) is 5.71 Å². The fraction of sp³-hybridized carbons (Fsp3) is 0.579. The van der Waals surface area contributed by atoms with Crippen molar-refractivity contribution in [2.24, 2.45) is 51.6 Å². The zero-order valence-corrected chi connectivity index (χ0v) is 27.9. The molecule has 0 aromatic rings. The first kappa shape index (κ1) is 32.2. The molecule has 0 aromatic heterocycles. The van der Waals surface area contributed by atoms with Crippen LogP contribution < -0.4 is 11.1 Å². The van der Waals surface area contributed by atoms with Gasteiger partial charge < -0.3 is 11.1 Å². The number of ketones is 1. The summed E-state index contributed by atoms with van der Waals surface area (Å²) in [7, 11) is 0. The minimum absolute atomic E-state index is 0.0216. The van der Waals surface area contributed by atoms with E-state index < -0.39 is 5.41 Å². The maximum absolute atomic E-state index is 14.1. The maximum atomic E-state index is 14.1. The summed E-state index contributed by atoms with van der Waals surface area (Å²) in [4.78, 5) is 19.2. The minimum Gasteiger partial charge on any atom is -0.398 e. The highest BCUT2D eigenvalue weighted by atomic mass is 16.1. The molecule has 0 amide bonds. The van der Waals surface area contributed by atoms with E-state index in [9.17, 15) is 4.79 Å². The minimum atomic E-state index is -0.489. The molecule has 8 atom stereocenters. The van der Waals surface area contributed by atoms with E-state index in [1.165, 1.54) is 22.3 Å². The van der Waals surface area contributed by atoms with Gasteiger partial charge in [0.2, 0.25) is 0 Å². The number of nitrogens with two attached hydrogens (primary N) is 1. The zero-order chi connectivity index (χ0) is 31.3. The van der Waals surface area contributed by atoms with Crippen LogP contribution in [0.1, 0.15) is 88.5 Å². The number of nitrogens with one attached hydrogen (secondary N) is 1. The Morgan fingerprint density at radius 3 is 2.36 bits per heavy atom. The number of carbonyl (C=O) groups excluding carboxylic acids is 1. The van der Waals surface area contributed by atoms with Gasteiger partial charge in [0.25, 0.3) is 0 Å². The van der Waals surface area contributed by atoms with Gasteiger partial charge in [0.15, 0.2) is 0 Å². The normalized spacial score (nSPS) is 41.4. The Bertz CT molecular complexity index is 1350. The van der Waals surface area contributed by atoms with Crippen LogP contribution in [0.25, 0.3) is 0 Å². The average Bonchev–Trinajstić information content (AvgIpc) is 3.47. The second-order valence-electron chi connectivity index (χ2n) is 14.0. The molecule has 4 bridgehead atoms. The van der Waals surface area contributed by atoms with Crippen molar-refractivity contribution in [3.8, 4) is 0 Å². The van der Waals surface area contributed by atoms with Crippen molar-refractivity contribution >= 4 is 11.5 Å². The summed E-state index contributed by atoms with van der Waals surface area (Å²) in [6.45, 7) is 30.9. The van der Waals surface area contributed by atoms with Crippen molar-refractivity contribution in [3.05, 3.63) is 82.3 Å². The van der Waals surface area contributed by atoms with Crippen molar-refractivity contribution < 1.29 is 4.79 Å². The Morgan fingerprint density at radius 1 is 1.10 bits per heavy atom. The molecular weight excluding hydrogens is 514 g/mol. The highest BCUT2D eigenvalue weighted by molar-refractivity contribution is 6.01. The number of fused-ring (bicyclic) bond motifs is 2. The Hall–Kier alpha value is -2.72. The molecule has 1 aliphatic carbocycles. The molecule has 1 saturated carbocycles. The van der Waals surface area contributed by atoms with Gasteiger partial charge >= 0.3 is 0 Å². The van der Waals surface area contributed by atoms with Gasteiger partial charge in [-0.05, 0) is 99.7 Å². The molecule has 4 nitrogen and oxygen atoms in total. The lowest BCUT2D eigenvalue weighted by Gasteiger charge is -2.33. The first-order valence-electron chi connectivity index (χ1n) is 16.2. The molecule has 4 heteroatoms. The molecule has 42 heavy (non-hydrogen) atoms. The summed E-state index contributed by atoms with van der Waals surface area (Å²) in [5.41, 5.74) is 16.4. The van der Waals surface area contributed by atoms with E-state index in [0.29, 0.717) is 11.7 Å². The van der Waals surface area contributed by atoms with Gasteiger partial charge in [-0.3, -0.25) is 9.79 Å². The molecule has 6 unspecified atom stereocenters. The molecule has 0 spiro atoms. The molecule has 3 heterocycles. The third kappa shape index (κ3) is 5.29. The standard InChI is InChI=1S/C38H55N3O/c1-13-16-29-22(6)20(4)17-31-24(8)28(15-3)33(40-31)19-30(39)23(7)27(14-2)21(5)18-32-26(10)34-36(41-32)35(25(29)9)38(11,12)37(34)42/h15,17-19,22,24,26,28-29,32,34,36,41H,3-4,13-14,16,39H2,1-2,5-12H3/b21-18+,27-23-,30-19?,31-17-,35-25-/t22-,24?,26?,28?,29+,32?,34?,36?/m1/s1. The van der Waals surface area contributed by atoms with Crippen molar-refractivity contribution in [2.75, 3.05) is 0 Å². The van der Waals surface area contributed by atoms with E-state index >= 15 is 0 Å². The lowest BCUT2D eigenvalue weighted by atomic mass is 9.73. The third-order valence-corrected chi connectivity index (χ3v) is 11.2. The summed E-state index contributed by atoms with van der Waals surface area (Å²) in [6.07, 6.45) is 11.6. The van der Waals surface area contributed by atoms with E-state index in [-0.39, 0.29) is 41.7 Å². The van der Waals surface area contributed by atoms with Crippen LogP contribution in [0.5, 0.6) is 0 Å². The van der Waals surface area contributed by atoms with Crippen LogP contribution in [0.2, 0.25) is 0 Å². The molecule has 0 aromatic carbocycles. The summed E-state index contributed by atoms with van der Waals surface area (Å²) in [5.74, 6) is 1.38. The Labute approximate surface area is 255 Å². The predicted octanol–water partition coefficient (Wildman–Crippen LogP) is 8.42. The van der Waals surface area contributed by atoms with Crippen LogP contribution in [0, 0.1) is 40.9 Å². The van der Waals surface area contributed by atoms with Crippen LogP contribution in [-0.2, 0) is 4.79 Å². The first-order chi connectivity index (χ1) is 19.7. The monoisotopic (exact) mass is 569 g/mol. The van der Waals surface area contributed by atoms with Crippen LogP contribution in [0.4, 0.5) is 0 Å². The second kappa shape index (κ2) is 12.1. The van der Waals surface area contributed by atoms with Gasteiger partial charge in [0, 0.05) is 46.6 Å². The zero-order valence-electron chi connectivity index (χ0n) is 27.9. The molecule has 3 N–H and O–H groups in total. The molecule has 2 fully saturated rings. The molecule has 1 saturated heterocycles. The Balaban J connectivity index is 1.98. The molecule has 4 aliphatic rings. The Morgan fingerprint density at radius 2 is 1.76 bits per heavy atom. The van der Waals surface area contributed by atoms with Crippen molar-refractivity contribution in [2.45, 2.75) is 101 Å². The van der Waals surface area contributed by atoms with Crippen LogP contribution in [0.15, 0.2) is 87.3 Å². The molecule has 4 rings (SSSR count). The van der Waals surface area contributed by atoms with Crippen LogP contribution >= 0.6 is 0 Å². The van der Waals surface area contributed by atoms with Crippen molar-refractivity contribution in [1.29, 1.82) is 0 Å². The lowest BCUT2D eigenvalue weighted by Crippen LogP contribution is -2.35. The SMILES string of the molecule is C=CC1C2=N/C(=C\C(=C)[C@@H](C)[C@H](CCC)/C(C)=C3/C4NC(/C=C(C)/C(CC)=C(/C)C(N)=C2)C(C)C4C(=O)C3(C)C)C1C. The molecular formula is C38H55N3O. The van der Waals surface area contributed by atoms with E-state index in [1.54, 1.807) is 0 Å². The second-order valence-corrected chi connectivity index (χ2v) is 14.0. The maximum Gasteiger partial charge on any atom is 0.147 e.